The molecule has 0 bridgehead atoms. The van der Waals surface area contributed by atoms with Crippen molar-refractivity contribution in [2.75, 3.05) is 11.9 Å². The highest BCUT2D eigenvalue weighted by Gasteiger charge is 2.09. The molecular weight excluding hydrogens is 250 g/mol. The number of hydrogen-bond donors (Lipinski definition) is 1. The third kappa shape index (κ3) is 2.50. The van der Waals surface area contributed by atoms with E-state index in [1.807, 2.05) is 43.3 Å². The third-order valence-corrected chi connectivity index (χ3v) is 3.07. The molecule has 0 atom stereocenters. The number of nitrogens with one attached hydrogen (secondary N) is 1. The summed E-state index contributed by atoms with van der Waals surface area (Å²) in [4.78, 5) is 8.91. The van der Waals surface area contributed by atoms with Crippen LogP contribution in [0.4, 0.5) is 5.95 Å². The summed E-state index contributed by atoms with van der Waals surface area (Å²) in [6, 6.07) is 11.9. The SMILES string of the molecule is CCCNc1nc(C)cc(-c2cc3ccccc3o2)n1. The van der Waals surface area contributed by atoms with Gasteiger partial charge < -0.3 is 9.73 Å². The fourth-order valence-corrected chi connectivity index (χ4v) is 2.12. The largest absolute Gasteiger partial charge is 0.454 e. The van der Waals surface area contributed by atoms with E-state index in [4.69, 9.17) is 4.42 Å². The molecule has 2 heterocycles. The number of hydrogen-bond acceptors (Lipinski definition) is 4. The number of anilines is 1. The minimum absolute atomic E-state index is 0.655. The summed E-state index contributed by atoms with van der Waals surface area (Å²) >= 11 is 0. The van der Waals surface area contributed by atoms with Gasteiger partial charge in [0.15, 0.2) is 5.76 Å². The van der Waals surface area contributed by atoms with Crippen molar-refractivity contribution < 1.29 is 4.42 Å². The fraction of sp³-hybridized carbons (Fsp3) is 0.250. The number of rotatable bonds is 4. The number of benzene rings is 1. The number of nitrogens with zero attached hydrogens (tertiary/aromatic N) is 2. The zero-order chi connectivity index (χ0) is 13.9. The van der Waals surface area contributed by atoms with Crippen LogP contribution in [0.2, 0.25) is 0 Å². The number of aryl methyl sites for hydroxylation is 1. The molecule has 4 heteroatoms. The summed E-state index contributed by atoms with van der Waals surface area (Å²) in [6.07, 6.45) is 1.04. The second kappa shape index (κ2) is 5.33. The molecule has 20 heavy (non-hydrogen) atoms. The van der Waals surface area contributed by atoms with E-state index >= 15 is 0 Å². The Morgan fingerprint density at radius 3 is 2.80 bits per heavy atom. The molecule has 4 nitrogen and oxygen atoms in total. The van der Waals surface area contributed by atoms with Crippen LogP contribution < -0.4 is 5.32 Å². The fourth-order valence-electron chi connectivity index (χ4n) is 2.12. The van der Waals surface area contributed by atoms with Crippen molar-refractivity contribution in [2.45, 2.75) is 20.3 Å². The van der Waals surface area contributed by atoms with Crippen LogP contribution in [-0.2, 0) is 0 Å². The van der Waals surface area contributed by atoms with E-state index in [2.05, 4.69) is 22.2 Å². The van der Waals surface area contributed by atoms with E-state index in [-0.39, 0.29) is 0 Å². The molecule has 0 saturated heterocycles. The molecule has 1 N–H and O–H groups in total. The third-order valence-electron chi connectivity index (χ3n) is 3.07. The quantitative estimate of drug-likeness (QED) is 0.775. The highest BCUT2D eigenvalue weighted by atomic mass is 16.3. The molecule has 3 rings (SSSR count). The lowest BCUT2D eigenvalue weighted by atomic mass is 10.2. The second-order valence-corrected chi connectivity index (χ2v) is 4.79. The van der Waals surface area contributed by atoms with E-state index in [9.17, 15) is 0 Å². The summed E-state index contributed by atoms with van der Waals surface area (Å²) in [6.45, 7) is 4.94. The number of fused-ring (bicyclic) bond motifs is 1. The zero-order valence-electron chi connectivity index (χ0n) is 11.7. The standard InChI is InChI=1S/C16H17N3O/c1-3-8-17-16-18-11(2)9-13(19-16)15-10-12-6-4-5-7-14(12)20-15/h4-7,9-10H,3,8H2,1-2H3,(H,17,18,19). The predicted octanol–water partition coefficient (Wildman–Crippen LogP) is 4.02. The van der Waals surface area contributed by atoms with Gasteiger partial charge in [0, 0.05) is 17.6 Å². The van der Waals surface area contributed by atoms with Crippen LogP contribution in [0.3, 0.4) is 0 Å². The molecule has 0 fully saturated rings. The molecule has 2 aromatic heterocycles. The van der Waals surface area contributed by atoms with Gasteiger partial charge in [0.05, 0.1) is 0 Å². The summed E-state index contributed by atoms with van der Waals surface area (Å²) in [5.41, 5.74) is 2.61. The van der Waals surface area contributed by atoms with Crippen molar-refractivity contribution in [3.05, 3.63) is 42.1 Å². The van der Waals surface area contributed by atoms with Crippen LogP contribution in [-0.4, -0.2) is 16.5 Å². The average molecular weight is 267 g/mol. The van der Waals surface area contributed by atoms with Gasteiger partial charge in [0.1, 0.15) is 11.3 Å². The Labute approximate surface area is 117 Å². The summed E-state index contributed by atoms with van der Waals surface area (Å²) in [5.74, 6) is 1.43. The Bertz CT molecular complexity index is 700. The van der Waals surface area contributed by atoms with Gasteiger partial charge in [0.2, 0.25) is 5.95 Å². The van der Waals surface area contributed by atoms with Gasteiger partial charge in [-0.3, -0.25) is 0 Å². The maximum absolute atomic E-state index is 5.85. The van der Waals surface area contributed by atoms with Crippen molar-refractivity contribution in [1.29, 1.82) is 0 Å². The van der Waals surface area contributed by atoms with E-state index in [1.54, 1.807) is 0 Å². The minimum Gasteiger partial charge on any atom is -0.454 e. The van der Waals surface area contributed by atoms with Gasteiger partial charge in [-0.15, -0.1) is 0 Å². The smallest absolute Gasteiger partial charge is 0.223 e. The topological polar surface area (TPSA) is 51.0 Å². The maximum atomic E-state index is 5.85. The van der Waals surface area contributed by atoms with Crippen molar-refractivity contribution in [3.8, 4) is 11.5 Å². The lowest BCUT2D eigenvalue weighted by Gasteiger charge is -2.05. The van der Waals surface area contributed by atoms with Crippen LogP contribution in [0, 0.1) is 6.92 Å². The number of para-hydroxylation sites is 1. The van der Waals surface area contributed by atoms with Gasteiger partial charge >= 0.3 is 0 Å². The molecule has 3 aromatic rings. The van der Waals surface area contributed by atoms with Crippen LogP contribution in [0.15, 0.2) is 40.8 Å². The molecular formula is C16H17N3O. The maximum Gasteiger partial charge on any atom is 0.223 e. The molecule has 0 aliphatic carbocycles. The minimum atomic E-state index is 0.655. The first-order valence-corrected chi connectivity index (χ1v) is 6.85. The van der Waals surface area contributed by atoms with E-state index < -0.39 is 0 Å². The molecule has 0 unspecified atom stereocenters. The van der Waals surface area contributed by atoms with Crippen molar-refractivity contribution >= 4 is 16.9 Å². The molecule has 0 amide bonds. The number of aromatic nitrogens is 2. The van der Waals surface area contributed by atoms with E-state index in [0.717, 1.165) is 41.1 Å². The van der Waals surface area contributed by atoms with Crippen LogP contribution in [0.25, 0.3) is 22.4 Å². The van der Waals surface area contributed by atoms with Gasteiger partial charge in [-0.05, 0) is 31.5 Å². The lowest BCUT2D eigenvalue weighted by molar-refractivity contribution is 0.628. The Balaban J connectivity index is 2.01. The first-order valence-electron chi connectivity index (χ1n) is 6.85. The monoisotopic (exact) mass is 267 g/mol. The number of furan rings is 1. The molecule has 0 aliphatic rings. The molecule has 0 saturated carbocycles. The van der Waals surface area contributed by atoms with Gasteiger partial charge in [-0.1, -0.05) is 25.1 Å². The van der Waals surface area contributed by atoms with Gasteiger partial charge in [-0.2, -0.15) is 0 Å². The van der Waals surface area contributed by atoms with E-state index in [1.165, 1.54) is 0 Å². The average Bonchev–Trinajstić information content (AvgIpc) is 2.88. The van der Waals surface area contributed by atoms with E-state index in [0.29, 0.717) is 5.95 Å². The lowest BCUT2D eigenvalue weighted by Crippen LogP contribution is -2.05. The first-order chi connectivity index (χ1) is 9.76. The zero-order valence-corrected chi connectivity index (χ0v) is 11.7. The summed E-state index contributed by atoms with van der Waals surface area (Å²) in [7, 11) is 0. The molecule has 102 valence electrons. The van der Waals surface area contributed by atoms with Gasteiger partial charge in [-0.25, -0.2) is 9.97 Å². The van der Waals surface area contributed by atoms with Crippen LogP contribution in [0.5, 0.6) is 0 Å². The molecule has 0 spiro atoms. The second-order valence-electron chi connectivity index (χ2n) is 4.79. The molecule has 0 radical (unpaired) electrons. The van der Waals surface area contributed by atoms with Crippen molar-refractivity contribution in [2.24, 2.45) is 0 Å². The summed E-state index contributed by atoms with van der Waals surface area (Å²) < 4.78 is 5.85. The van der Waals surface area contributed by atoms with Crippen LogP contribution in [0.1, 0.15) is 19.0 Å². The summed E-state index contributed by atoms with van der Waals surface area (Å²) in [5, 5.41) is 4.30. The first kappa shape index (κ1) is 12.7. The van der Waals surface area contributed by atoms with Crippen molar-refractivity contribution in [3.63, 3.8) is 0 Å². The Kier molecular flexibility index (Phi) is 3.37. The van der Waals surface area contributed by atoms with Crippen LogP contribution >= 0.6 is 0 Å². The highest BCUT2D eigenvalue weighted by molar-refractivity contribution is 5.82. The Morgan fingerprint density at radius 1 is 1.15 bits per heavy atom. The Morgan fingerprint density at radius 2 is 2.00 bits per heavy atom. The Hall–Kier alpha value is -2.36. The normalized spacial score (nSPS) is 10.9. The molecule has 0 aliphatic heterocycles. The van der Waals surface area contributed by atoms with Gasteiger partial charge in [0.25, 0.3) is 0 Å². The highest BCUT2D eigenvalue weighted by Crippen LogP contribution is 2.27. The van der Waals surface area contributed by atoms with Crippen molar-refractivity contribution in [1.82, 2.24) is 9.97 Å². The molecule has 1 aromatic carbocycles. The predicted molar refractivity (Wildman–Crippen MR) is 80.8 cm³/mol.